The number of rotatable bonds is 5. The molecule has 0 radical (unpaired) electrons. The number of hydrogen-bond acceptors (Lipinski definition) is 3. The first kappa shape index (κ1) is 12.2. The molecule has 5 heteroatoms. The van der Waals surface area contributed by atoms with E-state index in [0.717, 1.165) is 0 Å². The van der Waals surface area contributed by atoms with E-state index in [0.29, 0.717) is 18.0 Å². The molecule has 1 rings (SSSR count). The van der Waals surface area contributed by atoms with Crippen molar-refractivity contribution in [3.05, 3.63) is 24.3 Å². The van der Waals surface area contributed by atoms with E-state index in [1.54, 1.807) is 7.11 Å². The Morgan fingerprint density at radius 2 is 1.94 bits per heavy atom. The second-order valence-electron chi connectivity index (χ2n) is 3.34. The summed E-state index contributed by atoms with van der Waals surface area (Å²) in [4.78, 5) is 3.88. The van der Waals surface area contributed by atoms with Crippen LogP contribution >= 0.6 is 0 Å². The summed E-state index contributed by atoms with van der Waals surface area (Å²) in [5, 5.41) is 0. The molecule has 0 aliphatic heterocycles. The molecule has 0 fully saturated rings. The number of guanidine groups is 1. The fourth-order valence-electron chi connectivity index (χ4n) is 1.20. The third kappa shape index (κ3) is 3.68. The highest BCUT2D eigenvalue weighted by atomic mass is 16.5. The van der Waals surface area contributed by atoms with E-state index in [-0.39, 0.29) is 12.1 Å². The van der Waals surface area contributed by atoms with Crippen LogP contribution in [0.5, 0.6) is 11.5 Å². The predicted octanol–water partition coefficient (Wildman–Crippen LogP) is 0.736. The van der Waals surface area contributed by atoms with Gasteiger partial charge in [-0.1, -0.05) is 12.1 Å². The SMILES string of the molecule is COc1ccccc1OC(C)CN=C(N)N. The lowest BCUT2D eigenvalue weighted by molar-refractivity contribution is 0.219. The van der Waals surface area contributed by atoms with E-state index >= 15 is 0 Å². The summed E-state index contributed by atoms with van der Waals surface area (Å²) in [6.45, 7) is 2.30. The molecule has 1 atom stereocenters. The molecule has 1 aromatic rings. The van der Waals surface area contributed by atoms with Crippen molar-refractivity contribution < 1.29 is 9.47 Å². The second-order valence-corrected chi connectivity index (χ2v) is 3.34. The molecule has 5 nitrogen and oxygen atoms in total. The Kier molecular flexibility index (Phi) is 4.44. The van der Waals surface area contributed by atoms with Crippen molar-refractivity contribution in [3.8, 4) is 11.5 Å². The number of methoxy groups -OCH3 is 1. The maximum atomic E-state index is 5.64. The van der Waals surface area contributed by atoms with Gasteiger partial charge in [0.25, 0.3) is 0 Å². The van der Waals surface area contributed by atoms with Gasteiger partial charge in [0.2, 0.25) is 0 Å². The number of hydrogen-bond donors (Lipinski definition) is 2. The van der Waals surface area contributed by atoms with Gasteiger partial charge in [0, 0.05) is 0 Å². The van der Waals surface area contributed by atoms with Gasteiger partial charge in [-0.25, -0.2) is 4.99 Å². The average molecular weight is 223 g/mol. The Bertz CT molecular complexity index is 362. The van der Waals surface area contributed by atoms with Gasteiger partial charge in [0.1, 0.15) is 6.10 Å². The zero-order chi connectivity index (χ0) is 12.0. The van der Waals surface area contributed by atoms with E-state index in [1.165, 1.54) is 0 Å². The Morgan fingerprint density at radius 3 is 2.50 bits per heavy atom. The maximum Gasteiger partial charge on any atom is 0.186 e. The van der Waals surface area contributed by atoms with Crippen molar-refractivity contribution in [2.75, 3.05) is 13.7 Å². The Morgan fingerprint density at radius 1 is 1.31 bits per heavy atom. The van der Waals surface area contributed by atoms with E-state index in [1.807, 2.05) is 31.2 Å². The molecular formula is C11H17N3O2. The molecule has 0 saturated carbocycles. The number of nitrogens with zero attached hydrogens (tertiary/aromatic N) is 1. The zero-order valence-corrected chi connectivity index (χ0v) is 9.51. The number of nitrogens with two attached hydrogens (primary N) is 2. The molecule has 0 saturated heterocycles. The third-order valence-corrected chi connectivity index (χ3v) is 1.93. The van der Waals surface area contributed by atoms with Crippen LogP contribution in [-0.4, -0.2) is 25.7 Å². The summed E-state index contributed by atoms with van der Waals surface area (Å²) in [6.07, 6.45) is -0.113. The quantitative estimate of drug-likeness (QED) is 0.569. The van der Waals surface area contributed by atoms with E-state index < -0.39 is 0 Å². The molecule has 0 amide bonds. The zero-order valence-electron chi connectivity index (χ0n) is 9.51. The normalized spacial score (nSPS) is 11.6. The minimum Gasteiger partial charge on any atom is -0.493 e. The Labute approximate surface area is 95.1 Å². The van der Waals surface area contributed by atoms with Gasteiger partial charge in [-0.3, -0.25) is 0 Å². The molecule has 1 unspecified atom stereocenters. The molecule has 16 heavy (non-hydrogen) atoms. The first-order valence-corrected chi connectivity index (χ1v) is 4.98. The molecule has 1 aromatic carbocycles. The lowest BCUT2D eigenvalue weighted by atomic mass is 10.3. The van der Waals surface area contributed by atoms with Crippen molar-refractivity contribution in [2.45, 2.75) is 13.0 Å². The van der Waals surface area contributed by atoms with Gasteiger partial charge in [-0.15, -0.1) is 0 Å². The monoisotopic (exact) mass is 223 g/mol. The molecule has 0 aliphatic rings. The molecule has 88 valence electrons. The standard InChI is InChI=1S/C11H17N3O2/c1-8(7-14-11(12)13)16-10-6-4-3-5-9(10)15-2/h3-6,8H,7H2,1-2H3,(H4,12,13,14). The Balaban J connectivity index is 2.62. The number of benzene rings is 1. The maximum absolute atomic E-state index is 5.64. The smallest absolute Gasteiger partial charge is 0.186 e. The first-order valence-electron chi connectivity index (χ1n) is 4.98. The van der Waals surface area contributed by atoms with Gasteiger partial charge in [-0.2, -0.15) is 0 Å². The van der Waals surface area contributed by atoms with E-state index in [9.17, 15) is 0 Å². The molecule has 0 spiro atoms. The molecule has 0 heterocycles. The molecular weight excluding hydrogens is 206 g/mol. The first-order chi connectivity index (χ1) is 7.63. The minimum absolute atomic E-state index is 0.0653. The van der Waals surface area contributed by atoms with Gasteiger partial charge < -0.3 is 20.9 Å². The summed E-state index contributed by atoms with van der Waals surface area (Å²) in [7, 11) is 1.60. The summed E-state index contributed by atoms with van der Waals surface area (Å²) in [5.41, 5.74) is 10.5. The number of para-hydroxylation sites is 2. The highest BCUT2D eigenvalue weighted by Crippen LogP contribution is 2.26. The molecule has 4 N–H and O–H groups in total. The van der Waals surface area contributed by atoms with E-state index in [2.05, 4.69) is 4.99 Å². The van der Waals surface area contributed by atoms with Crippen LogP contribution in [0.25, 0.3) is 0 Å². The molecule has 0 bridgehead atoms. The summed E-state index contributed by atoms with van der Waals surface area (Å²) in [5.74, 6) is 1.44. The van der Waals surface area contributed by atoms with Crippen LogP contribution < -0.4 is 20.9 Å². The van der Waals surface area contributed by atoms with Crippen LogP contribution in [0.4, 0.5) is 0 Å². The summed E-state index contributed by atoms with van der Waals surface area (Å²) >= 11 is 0. The second kappa shape index (κ2) is 5.85. The molecule has 0 aromatic heterocycles. The van der Waals surface area contributed by atoms with Gasteiger partial charge in [-0.05, 0) is 19.1 Å². The third-order valence-electron chi connectivity index (χ3n) is 1.93. The van der Waals surface area contributed by atoms with Crippen molar-refractivity contribution >= 4 is 5.96 Å². The van der Waals surface area contributed by atoms with Crippen LogP contribution in [0.15, 0.2) is 29.3 Å². The Hall–Kier alpha value is -1.91. The van der Waals surface area contributed by atoms with Crippen LogP contribution in [0, 0.1) is 0 Å². The fraction of sp³-hybridized carbons (Fsp3) is 0.364. The van der Waals surface area contributed by atoms with Crippen molar-refractivity contribution in [3.63, 3.8) is 0 Å². The van der Waals surface area contributed by atoms with Gasteiger partial charge >= 0.3 is 0 Å². The summed E-state index contributed by atoms with van der Waals surface area (Å²) in [6, 6.07) is 7.44. The van der Waals surface area contributed by atoms with Crippen molar-refractivity contribution in [2.24, 2.45) is 16.5 Å². The minimum atomic E-state index is -0.113. The lowest BCUT2D eigenvalue weighted by Crippen LogP contribution is -2.26. The van der Waals surface area contributed by atoms with Crippen LogP contribution in [-0.2, 0) is 0 Å². The largest absolute Gasteiger partial charge is 0.493 e. The van der Waals surface area contributed by atoms with Crippen LogP contribution in [0.1, 0.15) is 6.92 Å². The number of aliphatic imine (C=N–C) groups is 1. The highest BCUT2D eigenvalue weighted by Gasteiger charge is 2.07. The van der Waals surface area contributed by atoms with Gasteiger partial charge in [0.05, 0.1) is 13.7 Å². The summed E-state index contributed by atoms with van der Waals surface area (Å²) < 4.78 is 10.8. The van der Waals surface area contributed by atoms with E-state index in [4.69, 9.17) is 20.9 Å². The van der Waals surface area contributed by atoms with Crippen LogP contribution in [0.2, 0.25) is 0 Å². The predicted molar refractivity (Wildman–Crippen MR) is 63.8 cm³/mol. The highest BCUT2D eigenvalue weighted by molar-refractivity contribution is 5.75. The lowest BCUT2D eigenvalue weighted by Gasteiger charge is -2.15. The van der Waals surface area contributed by atoms with Crippen LogP contribution in [0.3, 0.4) is 0 Å². The molecule has 0 aliphatic carbocycles. The topological polar surface area (TPSA) is 82.9 Å². The fourth-order valence-corrected chi connectivity index (χ4v) is 1.20. The average Bonchev–Trinajstić information content (AvgIpc) is 2.27. The van der Waals surface area contributed by atoms with Crippen molar-refractivity contribution in [1.82, 2.24) is 0 Å². The number of ether oxygens (including phenoxy) is 2. The van der Waals surface area contributed by atoms with Gasteiger partial charge in [0.15, 0.2) is 17.5 Å². The van der Waals surface area contributed by atoms with Crippen molar-refractivity contribution in [1.29, 1.82) is 0 Å².